The van der Waals surface area contributed by atoms with E-state index in [1.165, 1.54) is 18.2 Å². The Morgan fingerprint density at radius 1 is 1.11 bits per heavy atom. The molecule has 7 heteroatoms. The molecule has 0 saturated heterocycles. The number of nitrogens with two attached hydrogens (primary N) is 1. The van der Waals surface area contributed by atoms with Gasteiger partial charge in [0.05, 0.1) is 5.56 Å². The number of carboxylic acid groups (broad SMARTS) is 1. The first-order valence-corrected chi connectivity index (χ1v) is 7.20. The van der Waals surface area contributed by atoms with Crippen LogP contribution >= 0.6 is 11.3 Å². The average molecular weight is 283 g/mol. The van der Waals surface area contributed by atoms with E-state index in [0.29, 0.717) is 0 Å². The minimum atomic E-state index is -3.69. The van der Waals surface area contributed by atoms with Crippen LogP contribution in [0, 0.1) is 0 Å². The molecule has 0 atom stereocenters. The summed E-state index contributed by atoms with van der Waals surface area (Å²) in [5.74, 6) is -1.00. The summed E-state index contributed by atoms with van der Waals surface area (Å²) < 4.78 is 22.3. The van der Waals surface area contributed by atoms with Gasteiger partial charge in [-0.25, -0.2) is 18.4 Å². The summed E-state index contributed by atoms with van der Waals surface area (Å²) in [4.78, 5) is 11.4. The van der Waals surface area contributed by atoms with Crippen LogP contribution in [0.15, 0.2) is 40.6 Å². The highest BCUT2D eigenvalue weighted by Crippen LogP contribution is 2.30. The molecule has 2 rings (SSSR count). The molecule has 0 aliphatic carbocycles. The summed E-state index contributed by atoms with van der Waals surface area (Å²) in [7, 11) is -3.69. The fourth-order valence-electron chi connectivity index (χ4n) is 1.41. The third kappa shape index (κ3) is 2.58. The van der Waals surface area contributed by atoms with Crippen LogP contribution in [0.2, 0.25) is 0 Å². The van der Waals surface area contributed by atoms with Gasteiger partial charge in [0.25, 0.3) is 0 Å². The molecule has 0 fully saturated rings. The van der Waals surface area contributed by atoms with Gasteiger partial charge in [-0.3, -0.25) is 0 Å². The Kier molecular flexibility index (Phi) is 3.20. The SMILES string of the molecule is NS(=O)(=O)c1ccc(-c2ccc(C(=O)O)cc2)s1. The van der Waals surface area contributed by atoms with Crippen LogP contribution in [-0.2, 0) is 10.0 Å². The zero-order valence-electron chi connectivity index (χ0n) is 9.03. The fraction of sp³-hybridized carbons (Fsp3) is 0. The highest BCUT2D eigenvalue weighted by Gasteiger charge is 2.12. The summed E-state index contributed by atoms with van der Waals surface area (Å²) in [6.45, 7) is 0. The van der Waals surface area contributed by atoms with Crippen molar-refractivity contribution in [2.75, 3.05) is 0 Å². The summed E-state index contributed by atoms with van der Waals surface area (Å²) in [6.07, 6.45) is 0. The monoisotopic (exact) mass is 283 g/mol. The lowest BCUT2D eigenvalue weighted by Gasteiger charge is -1.98. The zero-order chi connectivity index (χ0) is 13.3. The van der Waals surface area contributed by atoms with Crippen molar-refractivity contribution in [3.05, 3.63) is 42.0 Å². The number of thiophene rings is 1. The largest absolute Gasteiger partial charge is 0.478 e. The Morgan fingerprint density at radius 2 is 1.72 bits per heavy atom. The van der Waals surface area contributed by atoms with E-state index in [2.05, 4.69) is 0 Å². The number of hydrogen-bond donors (Lipinski definition) is 2. The molecule has 1 aromatic heterocycles. The van der Waals surface area contributed by atoms with E-state index in [1.54, 1.807) is 18.2 Å². The smallest absolute Gasteiger partial charge is 0.335 e. The van der Waals surface area contributed by atoms with Gasteiger partial charge in [-0.1, -0.05) is 12.1 Å². The van der Waals surface area contributed by atoms with Crippen LogP contribution < -0.4 is 5.14 Å². The molecule has 0 radical (unpaired) electrons. The maximum absolute atomic E-state index is 11.1. The Labute approximate surface area is 108 Å². The molecule has 18 heavy (non-hydrogen) atoms. The second-order valence-electron chi connectivity index (χ2n) is 3.55. The molecular weight excluding hydrogens is 274 g/mol. The normalized spacial score (nSPS) is 11.4. The van der Waals surface area contributed by atoms with E-state index in [9.17, 15) is 13.2 Å². The first-order valence-electron chi connectivity index (χ1n) is 4.84. The lowest BCUT2D eigenvalue weighted by Crippen LogP contribution is -2.09. The summed E-state index contributed by atoms with van der Waals surface area (Å²) in [6, 6.07) is 9.26. The average Bonchev–Trinajstić information content (AvgIpc) is 2.78. The van der Waals surface area contributed by atoms with Crippen LogP contribution in [0.4, 0.5) is 0 Å². The van der Waals surface area contributed by atoms with Crippen LogP contribution in [-0.4, -0.2) is 19.5 Å². The Bertz CT molecular complexity index is 686. The van der Waals surface area contributed by atoms with Crippen LogP contribution in [0.1, 0.15) is 10.4 Å². The molecule has 0 aliphatic rings. The highest BCUT2D eigenvalue weighted by atomic mass is 32.2. The Hall–Kier alpha value is -1.70. The second kappa shape index (κ2) is 4.52. The van der Waals surface area contributed by atoms with Gasteiger partial charge in [-0.2, -0.15) is 0 Å². The lowest BCUT2D eigenvalue weighted by molar-refractivity contribution is 0.0697. The summed E-state index contributed by atoms with van der Waals surface area (Å²) >= 11 is 1.05. The van der Waals surface area contributed by atoms with Gasteiger partial charge in [0.15, 0.2) is 0 Å². The molecule has 1 heterocycles. The second-order valence-corrected chi connectivity index (χ2v) is 6.42. The van der Waals surface area contributed by atoms with E-state index in [1.807, 2.05) is 0 Å². The van der Waals surface area contributed by atoms with Crippen molar-refractivity contribution >= 4 is 27.3 Å². The molecule has 3 N–H and O–H groups in total. The molecule has 2 aromatic rings. The van der Waals surface area contributed by atoms with Crippen molar-refractivity contribution in [2.24, 2.45) is 5.14 Å². The number of primary sulfonamides is 1. The van der Waals surface area contributed by atoms with E-state index >= 15 is 0 Å². The molecule has 5 nitrogen and oxygen atoms in total. The summed E-state index contributed by atoms with van der Waals surface area (Å²) in [5, 5.41) is 13.8. The third-order valence-corrected chi connectivity index (χ3v) is 4.85. The standard InChI is InChI=1S/C11H9NO4S2/c12-18(15,16)10-6-5-9(17-10)7-1-3-8(4-2-7)11(13)14/h1-6H,(H,13,14)(H2,12,15,16). The van der Waals surface area contributed by atoms with Gasteiger partial charge in [0.1, 0.15) is 4.21 Å². The predicted octanol–water partition coefficient (Wildman–Crippen LogP) is 1.76. The van der Waals surface area contributed by atoms with E-state index in [4.69, 9.17) is 10.2 Å². The molecule has 0 unspecified atom stereocenters. The van der Waals surface area contributed by atoms with Crippen molar-refractivity contribution in [1.82, 2.24) is 0 Å². The number of rotatable bonds is 3. The first kappa shape index (κ1) is 12.7. The number of benzene rings is 1. The molecule has 0 aliphatic heterocycles. The summed E-state index contributed by atoms with van der Waals surface area (Å²) in [5.41, 5.74) is 0.932. The van der Waals surface area contributed by atoms with Gasteiger partial charge < -0.3 is 5.11 Å². The predicted molar refractivity (Wildman–Crippen MR) is 68.1 cm³/mol. The van der Waals surface area contributed by atoms with Crippen molar-refractivity contribution in [1.29, 1.82) is 0 Å². The highest BCUT2D eigenvalue weighted by molar-refractivity contribution is 7.91. The van der Waals surface area contributed by atoms with Crippen molar-refractivity contribution < 1.29 is 18.3 Å². The minimum absolute atomic E-state index is 0.0832. The molecular formula is C11H9NO4S2. The maximum atomic E-state index is 11.1. The van der Waals surface area contributed by atoms with Gasteiger partial charge in [-0.05, 0) is 29.8 Å². The van der Waals surface area contributed by atoms with Crippen molar-refractivity contribution in [3.63, 3.8) is 0 Å². The van der Waals surface area contributed by atoms with Gasteiger partial charge >= 0.3 is 5.97 Å². The van der Waals surface area contributed by atoms with Crippen molar-refractivity contribution in [3.8, 4) is 10.4 Å². The Balaban J connectivity index is 2.38. The molecule has 1 aromatic carbocycles. The number of carbonyl (C=O) groups is 1. The minimum Gasteiger partial charge on any atom is -0.478 e. The quantitative estimate of drug-likeness (QED) is 0.896. The van der Waals surface area contributed by atoms with E-state index in [-0.39, 0.29) is 9.77 Å². The van der Waals surface area contributed by atoms with Crippen molar-refractivity contribution in [2.45, 2.75) is 4.21 Å². The molecule has 0 bridgehead atoms. The number of sulfonamides is 1. The van der Waals surface area contributed by atoms with Gasteiger partial charge in [0.2, 0.25) is 10.0 Å². The molecule has 0 amide bonds. The van der Waals surface area contributed by atoms with E-state index in [0.717, 1.165) is 21.8 Å². The number of carboxylic acids is 1. The van der Waals surface area contributed by atoms with Gasteiger partial charge in [-0.15, -0.1) is 11.3 Å². The fourth-order valence-corrected chi connectivity index (χ4v) is 3.14. The number of hydrogen-bond acceptors (Lipinski definition) is 4. The topological polar surface area (TPSA) is 97.5 Å². The molecule has 94 valence electrons. The maximum Gasteiger partial charge on any atom is 0.335 e. The van der Waals surface area contributed by atoms with Crippen LogP contribution in [0.5, 0.6) is 0 Å². The third-order valence-electron chi connectivity index (χ3n) is 2.28. The lowest BCUT2D eigenvalue weighted by atomic mass is 10.1. The number of aromatic carboxylic acids is 1. The zero-order valence-corrected chi connectivity index (χ0v) is 10.7. The Morgan fingerprint density at radius 3 is 2.17 bits per heavy atom. The van der Waals surface area contributed by atoms with Gasteiger partial charge in [0, 0.05) is 4.88 Å². The van der Waals surface area contributed by atoms with Crippen LogP contribution in [0.25, 0.3) is 10.4 Å². The van der Waals surface area contributed by atoms with E-state index < -0.39 is 16.0 Å². The molecule has 0 spiro atoms. The van der Waals surface area contributed by atoms with Crippen LogP contribution in [0.3, 0.4) is 0 Å². The first-order chi connectivity index (χ1) is 8.38. The molecule has 0 saturated carbocycles.